The summed E-state index contributed by atoms with van der Waals surface area (Å²) in [5.74, 6) is 2.05. The lowest BCUT2D eigenvalue weighted by Crippen LogP contribution is -2.36. The molecule has 0 N–H and O–H groups in total. The van der Waals surface area contributed by atoms with Crippen molar-refractivity contribution in [2.24, 2.45) is 35.5 Å². The molecule has 0 saturated heterocycles. The highest BCUT2D eigenvalue weighted by Crippen LogP contribution is 2.36. The minimum absolute atomic E-state index is 0.0542. The standard InChI is InChI=1S/C24H40O4/c1-15(2)19-9-7-17(5)13-21(19)27-23(25)11-12-24(26)28-22-14-18(6)8-10-20(22)16(3)4/h11-12,15-22H,7-10,13-14H2,1-6H3/b12-11+/t17-,18+,19+,20-,21-,22?/m0/s1. The van der Waals surface area contributed by atoms with Crippen LogP contribution in [0.25, 0.3) is 0 Å². The number of hydrogen-bond acceptors (Lipinski definition) is 4. The molecular weight excluding hydrogens is 352 g/mol. The molecule has 0 aromatic carbocycles. The first-order valence-corrected chi connectivity index (χ1v) is 11.3. The van der Waals surface area contributed by atoms with Gasteiger partial charge in [0.05, 0.1) is 0 Å². The van der Waals surface area contributed by atoms with Gasteiger partial charge in [0.1, 0.15) is 12.2 Å². The van der Waals surface area contributed by atoms with E-state index in [4.69, 9.17) is 9.47 Å². The molecule has 0 radical (unpaired) electrons. The SMILES string of the molecule is CC(C)[C@@H]1CC[C@@H](C)CC1OC(=O)/C=C/C(=O)O[C@H]1C[C@@H](C)CC[C@@H]1C(C)C. The summed E-state index contributed by atoms with van der Waals surface area (Å²) in [4.78, 5) is 24.6. The van der Waals surface area contributed by atoms with Crippen molar-refractivity contribution < 1.29 is 19.1 Å². The maximum absolute atomic E-state index is 12.3. The molecule has 0 aromatic rings. The average molecular weight is 393 g/mol. The van der Waals surface area contributed by atoms with E-state index in [1.54, 1.807) is 0 Å². The molecule has 0 aromatic heterocycles. The minimum Gasteiger partial charge on any atom is -0.459 e. The van der Waals surface area contributed by atoms with E-state index in [9.17, 15) is 9.59 Å². The zero-order valence-electron chi connectivity index (χ0n) is 18.6. The van der Waals surface area contributed by atoms with E-state index in [-0.39, 0.29) is 12.2 Å². The van der Waals surface area contributed by atoms with Crippen molar-refractivity contribution >= 4 is 11.9 Å². The number of hydrogen-bond donors (Lipinski definition) is 0. The van der Waals surface area contributed by atoms with Crippen molar-refractivity contribution in [2.75, 3.05) is 0 Å². The summed E-state index contributed by atoms with van der Waals surface area (Å²) in [6.07, 6.45) is 8.77. The third-order valence-electron chi connectivity index (χ3n) is 6.81. The van der Waals surface area contributed by atoms with Crippen LogP contribution in [0.3, 0.4) is 0 Å². The predicted molar refractivity (Wildman–Crippen MR) is 112 cm³/mol. The summed E-state index contributed by atoms with van der Waals surface area (Å²) in [6.45, 7) is 13.2. The van der Waals surface area contributed by atoms with E-state index < -0.39 is 11.9 Å². The van der Waals surface area contributed by atoms with Crippen molar-refractivity contribution in [3.05, 3.63) is 12.2 Å². The van der Waals surface area contributed by atoms with Crippen LogP contribution in [0.5, 0.6) is 0 Å². The maximum atomic E-state index is 12.3. The Morgan fingerprint density at radius 3 is 1.39 bits per heavy atom. The lowest BCUT2D eigenvalue weighted by molar-refractivity contribution is -0.152. The van der Waals surface area contributed by atoms with Gasteiger partial charge in [-0.25, -0.2) is 9.59 Å². The molecule has 2 saturated carbocycles. The second-order valence-electron chi connectivity index (χ2n) is 9.94. The van der Waals surface area contributed by atoms with E-state index in [0.29, 0.717) is 35.5 Å². The number of esters is 2. The molecular formula is C24H40O4. The zero-order valence-corrected chi connectivity index (χ0v) is 18.6. The van der Waals surface area contributed by atoms with Gasteiger partial charge in [0.2, 0.25) is 0 Å². The first-order chi connectivity index (χ1) is 13.2. The first kappa shape index (κ1) is 23.0. The molecule has 0 bridgehead atoms. The number of carbonyl (C=O) groups excluding carboxylic acids is 2. The Balaban J connectivity index is 1.89. The molecule has 6 atom stereocenters. The van der Waals surface area contributed by atoms with Crippen LogP contribution in [0.4, 0.5) is 0 Å². The van der Waals surface area contributed by atoms with Crippen molar-refractivity contribution in [3.8, 4) is 0 Å². The van der Waals surface area contributed by atoms with Gasteiger partial charge in [0, 0.05) is 12.2 Å². The Morgan fingerprint density at radius 2 is 1.07 bits per heavy atom. The topological polar surface area (TPSA) is 52.6 Å². The summed E-state index contributed by atoms with van der Waals surface area (Å²) in [7, 11) is 0. The summed E-state index contributed by atoms with van der Waals surface area (Å²) >= 11 is 0. The van der Waals surface area contributed by atoms with Crippen molar-refractivity contribution in [3.63, 3.8) is 0 Å². The predicted octanol–water partition coefficient (Wildman–Crippen LogP) is 5.55. The summed E-state index contributed by atoms with van der Waals surface area (Å²) in [6, 6.07) is 0. The minimum atomic E-state index is -0.431. The summed E-state index contributed by atoms with van der Waals surface area (Å²) < 4.78 is 11.4. The Bertz CT molecular complexity index is 503. The largest absolute Gasteiger partial charge is 0.459 e. The molecule has 4 heteroatoms. The highest BCUT2D eigenvalue weighted by Gasteiger charge is 2.34. The number of ether oxygens (including phenoxy) is 2. The molecule has 0 spiro atoms. The smallest absolute Gasteiger partial charge is 0.331 e. The molecule has 0 heterocycles. The molecule has 0 amide bonds. The van der Waals surface area contributed by atoms with Crippen LogP contribution in [0.2, 0.25) is 0 Å². The van der Waals surface area contributed by atoms with Gasteiger partial charge < -0.3 is 9.47 Å². The van der Waals surface area contributed by atoms with Gasteiger partial charge in [0.25, 0.3) is 0 Å². The van der Waals surface area contributed by atoms with Gasteiger partial charge in [-0.2, -0.15) is 0 Å². The molecule has 4 nitrogen and oxygen atoms in total. The van der Waals surface area contributed by atoms with Gasteiger partial charge in [-0.05, 0) is 61.2 Å². The van der Waals surface area contributed by atoms with Crippen LogP contribution in [-0.2, 0) is 19.1 Å². The van der Waals surface area contributed by atoms with Gasteiger partial charge in [-0.1, -0.05) is 54.4 Å². The monoisotopic (exact) mass is 392 g/mol. The highest BCUT2D eigenvalue weighted by atomic mass is 16.5. The molecule has 2 aliphatic rings. The number of carbonyl (C=O) groups is 2. The molecule has 2 aliphatic carbocycles. The third-order valence-corrected chi connectivity index (χ3v) is 6.81. The zero-order chi connectivity index (χ0) is 20.8. The quantitative estimate of drug-likeness (QED) is 0.439. The molecule has 1 unspecified atom stereocenters. The Labute approximate surface area is 171 Å². The van der Waals surface area contributed by atoms with Crippen LogP contribution < -0.4 is 0 Å². The van der Waals surface area contributed by atoms with Crippen molar-refractivity contribution in [1.29, 1.82) is 0 Å². The van der Waals surface area contributed by atoms with Gasteiger partial charge in [0.15, 0.2) is 0 Å². The van der Waals surface area contributed by atoms with Gasteiger partial charge in [-0.3, -0.25) is 0 Å². The van der Waals surface area contributed by atoms with E-state index in [1.807, 2.05) is 0 Å². The maximum Gasteiger partial charge on any atom is 0.331 e. The van der Waals surface area contributed by atoms with Crippen LogP contribution in [0.15, 0.2) is 12.2 Å². The fourth-order valence-corrected chi connectivity index (χ4v) is 5.01. The molecule has 160 valence electrons. The average Bonchev–Trinajstić information content (AvgIpc) is 2.59. The molecule has 2 fully saturated rings. The van der Waals surface area contributed by atoms with E-state index in [1.165, 1.54) is 25.0 Å². The second kappa shape index (κ2) is 10.5. The van der Waals surface area contributed by atoms with Crippen LogP contribution in [-0.4, -0.2) is 24.1 Å². The Hall–Kier alpha value is -1.32. The normalized spacial score (nSPS) is 34.0. The fraction of sp³-hybridized carbons (Fsp3) is 0.833. The van der Waals surface area contributed by atoms with Crippen molar-refractivity contribution in [1.82, 2.24) is 0 Å². The molecule has 0 aliphatic heterocycles. The fourth-order valence-electron chi connectivity index (χ4n) is 5.01. The molecule has 28 heavy (non-hydrogen) atoms. The number of rotatable bonds is 6. The summed E-state index contributed by atoms with van der Waals surface area (Å²) in [5.41, 5.74) is 0. The lowest BCUT2D eigenvalue weighted by Gasteiger charge is -2.36. The van der Waals surface area contributed by atoms with E-state index >= 15 is 0 Å². The van der Waals surface area contributed by atoms with E-state index in [2.05, 4.69) is 41.5 Å². The Morgan fingerprint density at radius 1 is 0.714 bits per heavy atom. The van der Waals surface area contributed by atoms with E-state index in [0.717, 1.165) is 25.7 Å². The highest BCUT2D eigenvalue weighted by molar-refractivity contribution is 5.91. The van der Waals surface area contributed by atoms with Gasteiger partial charge >= 0.3 is 11.9 Å². The van der Waals surface area contributed by atoms with Crippen molar-refractivity contribution in [2.45, 2.75) is 92.3 Å². The molecule has 2 rings (SSSR count). The second-order valence-corrected chi connectivity index (χ2v) is 9.94. The van der Waals surface area contributed by atoms with Crippen LogP contribution in [0, 0.1) is 35.5 Å². The lowest BCUT2D eigenvalue weighted by atomic mass is 9.75. The Kier molecular flexibility index (Phi) is 8.57. The van der Waals surface area contributed by atoms with Crippen LogP contribution >= 0.6 is 0 Å². The summed E-state index contributed by atoms with van der Waals surface area (Å²) in [5, 5.41) is 0. The third kappa shape index (κ3) is 6.63. The first-order valence-electron chi connectivity index (χ1n) is 11.3. The van der Waals surface area contributed by atoms with Gasteiger partial charge in [-0.15, -0.1) is 0 Å². The van der Waals surface area contributed by atoms with Crippen LogP contribution in [0.1, 0.15) is 80.1 Å².